The van der Waals surface area contributed by atoms with Crippen LogP contribution in [0.5, 0.6) is 0 Å². The minimum atomic E-state index is -3.93. The molecule has 0 aliphatic heterocycles. The first-order valence-electron chi connectivity index (χ1n) is 6.26. The van der Waals surface area contributed by atoms with Gasteiger partial charge in [-0.25, -0.2) is 12.7 Å². The number of nitro groups is 1. The second-order valence-corrected chi connectivity index (χ2v) is 6.38. The third-order valence-corrected chi connectivity index (χ3v) is 4.84. The normalized spacial score (nSPS) is 11.6. The van der Waals surface area contributed by atoms with Crippen molar-refractivity contribution < 1.29 is 18.1 Å². The molecule has 0 aromatic heterocycles. The van der Waals surface area contributed by atoms with Gasteiger partial charge < -0.3 is 10.1 Å². The molecule has 8 nitrogen and oxygen atoms in total. The summed E-state index contributed by atoms with van der Waals surface area (Å²) in [6, 6.07) is 3.91. The Balaban J connectivity index is 3.19. The molecule has 0 bridgehead atoms. The molecule has 0 amide bonds. The minimum absolute atomic E-state index is 0.219. The topological polar surface area (TPSA) is 102 Å². The van der Waals surface area contributed by atoms with Gasteiger partial charge in [-0.15, -0.1) is 0 Å². The van der Waals surface area contributed by atoms with E-state index in [4.69, 9.17) is 4.74 Å². The summed E-state index contributed by atoms with van der Waals surface area (Å²) in [7, 11) is 0.593. The van der Waals surface area contributed by atoms with Gasteiger partial charge in [0, 0.05) is 46.1 Å². The van der Waals surface area contributed by atoms with E-state index in [0.29, 0.717) is 18.7 Å². The third-order valence-electron chi connectivity index (χ3n) is 2.95. The highest BCUT2D eigenvalue weighted by Gasteiger charge is 2.29. The van der Waals surface area contributed by atoms with Gasteiger partial charge in [0.2, 0.25) is 10.0 Å². The van der Waals surface area contributed by atoms with Gasteiger partial charge in [-0.1, -0.05) is 0 Å². The number of rotatable bonds is 8. The molecule has 0 atom stereocenters. The van der Waals surface area contributed by atoms with Crippen molar-refractivity contribution in [3.63, 3.8) is 0 Å². The molecule has 0 heterocycles. The lowest BCUT2D eigenvalue weighted by Gasteiger charge is -2.17. The van der Waals surface area contributed by atoms with E-state index < -0.39 is 20.6 Å². The van der Waals surface area contributed by atoms with E-state index in [1.807, 2.05) is 0 Å². The highest BCUT2D eigenvalue weighted by atomic mass is 32.2. The zero-order valence-corrected chi connectivity index (χ0v) is 13.0. The largest absolute Gasteiger partial charge is 0.388 e. The standard InChI is InChI=1S/C12H19N3O5S/c1-13-10-5-6-11(15(16)17)12(9-10)21(18,19)14(2)7-4-8-20-3/h5-6,9,13H,4,7-8H2,1-3H3. The van der Waals surface area contributed by atoms with Crippen molar-refractivity contribution in [3.8, 4) is 0 Å². The zero-order valence-electron chi connectivity index (χ0n) is 12.2. The molecule has 1 aromatic carbocycles. The molecule has 1 rings (SSSR count). The molecule has 0 unspecified atom stereocenters. The Kier molecular flexibility index (Phi) is 6.06. The number of nitro benzene ring substituents is 1. The second-order valence-electron chi connectivity index (χ2n) is 4.36. The number of nitrogens with one attached hydrogen (secondary N) is 1. The van der Waals surface area contributed by atoms with Gasteiger partial charge in [0.1, 0.15) is 0 Å². The summed E-state index contributed by atoms with van der Waals surface area (Å²) in [5.74, 6) is 0. The minimum Gasteiger partial charge on any atom is -0.388 e. The Morgan fingerprint density at radius 1 is 1.43 bits per heavy atom. The molecule has 9 heteroatoms. The van der Waals surface area contributed by atoms with Gasteiger partial charge in [-0.05, 0) is 18.6 Å². The van der Waals surface area contributed by atoms with Crippen LogP contribution in [0.15, 0.2) is 23.1 Å². The predicted octanol–water partition coefficient (Wildman–Crippen LogP) is 1.29. The molecule has 0 aliphatic carbocycles. The predicted molar refractivity (Wildman–Crippen MR) is 79.0 cm³/mol. The Hall–Kier alpha value is -1.71. The lowest BCUT2D eigenvalue weighted by atomic mass is 10.3. The average Bonchev–Trinajstić information content (AvgIpc) is 2.46. The van der Waals surface area contributed by atoms with Gasteiger partial charge in [-0.2, -0.15) is 0 Å². The van der Waals surface area contributed by atoms with E-state index in [-0.39, 0.29) is 11.4 Å². The van der Waals surface area contributed by atoms with Crippen molar-refractivity contribution in [3.05, 3.63) is 28.3 Å². The fourth-order valence-corrected chi connectivity index (χ4v) is 3.13. The molecule has 0 aliphatic rings. The molecule has 0 spiro atoms. The number of hydrogen-bond acceptors (Lipinski definition) is 6. The number of ether oxygens (including phenoxy) is 1. The maximum absolute atomic E-state index is 12.5. The monoisotopic (exact) mass is 317 g/mol. The van der Waals surface area contributed by atoms with Crippen LogP contribution >= 0.6 is 0 Å². The Labute approximate surface area is 123 Å². The summed E-state index contributed by atoms with van der Waals surface area (Å²) in [6.45, 7) is 0.635. The van der Waals surface area contributed by atoms with Gasteiger partial charge >= 0.3 is 0 Å². The fraction of sp³-hybridized carbons (Fsp3) is 0.500. The molecule has 0 saturated carbocycles. The number of benzene rings is 1. The summed E-state index contributed by atoms with van der Waals surface area (Å²) in [5.41, 5.74) is 0.0528. The van der Waals surface area contributed by atoms with Crippen LogP contribution < -0.4 is 5.32 Å². The summed E-state index contributed by atoms with van der Waals surface area (Å²) >= 11 is 0. The number of hydrogen-bond donors (Lipinski definition) is 1. The molecule has 0 radical (unpaired) electrons. The van der Waals surface area contributed by atoms with Crippen LogP contribution in [0.1, 0.15) is 6.42 Å². The van der Waals surface area contributed by atoms with Crippen LogP contribution in [0.2, 0.25) is 0 Å². The lowest BCUT2D eigenvalue weighted by Crippen LogP contribution is -2.29. The van der Waals surface area contributed by atoms with Crippen LogP contribution in [0.25, 0.3) is 0 Å². The Morgan fingerprint density at radius 2 is 2.10 bits per heavy atom. The van der Waals surface area contributed by atoms with E-state index in [1.165, 1.54) is 32.4 Å². The fourth-order valence-electron chi connectivity index (χ4n) is 1.75. The van der Waals surface area contributed by atoms with Crippen molar-refractivity contribution in [1.82, 2.24) is 4.31 Å². The van der Waals surface area contributed by atoms with Crippen LogP contribution in [0, 0.1) is 10.1 Å². The summed E-state index contributed by atoms with van der Waals surface area (Å²) in [5, 5.41) is 13.8. The number of methoxy groups -OCH3 is 1. The van der Waals surface area contributed by atoms with Crippen molar-refractivity contribution in [2.75, 3.05) is 39.7 Å². The van der Waals surface area contributed by atoms with E-state index >= 15 is 0 Å². The van der Waals surface area contributed by atoms with Crippen LogP contribution in [-0.4, -0.2) is 52.0 Å². The van der Waals surface area contributed by atoms with Gasteiger partial charge in [0.25, 0.3) is 5.69 Å². The number of sulfonamides is 1. The summed E-state index contributed by atoms with van der Waals surface area (Å²) < 4.78 is 30.9. The molecular formula is C12H19N3O5S. The van der Waals surface area contributed by atoms with E-state index in [1.54, 1.807) is 7.05 Å². The van der Waals surface area contributed by atoms with Crippen molar-refractivity contribution in [2.24, 2.45) is 0 Å². The van der Waals surface area contributed by atoms with Gasteiger partial charge in [0.05, 0.1) is 4.92 Å². The molecular weight excluding hydrogens is 298 g/mol. The Bertz CT molecular complexity index is 603. The smallest absolute Gasteiger partial charge is 0.289 e. The molecule has 1 aromatic rings. The molecule has 118 valence electrons. The summed E-state index contributed by atoms with van der Waals surface area (Å²) in [6.07, 6.45) is 0.506. The number of anilines is 1. The zero-order chi connectivity index (χ0) is 16.0. The van der Waals surface area contributed by atoms with Crippen molar-refractivity contribution in [2.45, 2.75) is 11.3 Å². The van der Waals surface area contributed by atoms with E-state index in [2.05, 4.69) is 5.32 Å². The van der Waals surface area contributed by atoms with E-state index in [0.717, 1.165) is 4.31 Å². The molecule has 1 N–H and O–H groups in total. The highest BCUT2D eigenvalue weighted by Crippen LogP contribution is 2.29. The van der Waals surface area contributed by atoms with Gasteiger partial charge in [0.15, 0.2) is 4.90 Å². The van der Waals surface area contributed by atoms with Crippen LogP contribution in [0.4, 0.5) is 11.4 Å². The van der Waals surface area contributed by atoms with Crippen molar-refractivity contribution >= 4 is 21.4 Å². The third kappa shape index (κ3) is 4.13. The lowest BCUT2D eigenvalue weighted by molar-refractivity contribution is -0.387. The van der Waals surface area contributed by atoms with Gasteiger partial charge in [-0.3, -0.25) is 10.1 Å². The maximum Gasteiger partial charge on any atom is 0.289 e. The SMILES string of the molecule is CNc1ccc([N+](=O)[O-])c(S(=O)(=O)N(C)CCCOC)c1. The van der Waals surface area contributed by atoms with E-state index in [9.17, 15) is 18.5 Å². The Morgan fingerprint density at radius 3 is 2.62 bits per heavy atom. The molecule has 21 heavy (non-hydrogen) atoms. The first-order chi connectivity index (χ1) is 9.84. The summed E-state index contributed by atoms with van der Waals surface area (Å²) in [4.78, 5) is 10.0. The quantitative estimate of drug-likeness (QED) is 0.440. The maximum atomic E-state index is 12.5. The van der Waals surface area contributed by atoms with Crippen LogP contribution in [0.3, 0.4) is 0 Å². The first kappa shape index (κ1) is 17.3. The highest BCUT2D eigenvalue weighted by molar-refractivity contribution is 7.89. The average molecular weight is 317 g/mol. The van der Waals surface area contributed by atoms with Crippen LogP contribution in [-0.2, 0) is 14.8 Å². The molecule has 0 saturated heterocycles. The first-order valence-corrected chi connectivity index (χ1v) is 7.70. The molecule has 0 fully saturated rings. The number of nitrogens with zero attached hydrogens (tertiary/aromatic N) is 2. The second kappa shape index (κ2) is 7.34. The van der Waals surface area contributed by atoms with Crippen molar-refractivity contribution in [1.29, 1.82) is 0 Å².